The average Bonchev–Trinajstić information content (AvgIpc) is 2.97. The SMILES string of the molecule is C[C@H](NC(=O)NC[C@H]1CCCO1)c1ccc(Cl)s1. The van der Waals surface area contributed by atoms with Crippen molar-refractivity contribution >= 4 is 29.0 Å². The summed E-state index contributed by atoms with van der Waals surface area (Å²) in [6.07, 6.45) is 2.27. The molecule has 1 saturated heterocycles. The van der Waals surface area contributed by atoms with Crippen molar-refractivity contribution in [3.8, 4) is 0 Å². The smallest absolute Gasteiger partial charge is 0.315 e. The fourth-order valence-electron chi connectivity index (χ4n) is 1.89. The predicted octanol–water partition coefficient (Wildman–Crippen LogP) is 2.94. The summed E-state index contributed by atoms with van der Waals surface area (Å²) in [6.45, 7) is 3.32. The highest BCUT2D eigenvalue weighted by Crippen LogP contribution is 2.26. The minimum atomic E-state index is -0.164. The van der Waals surface area contributed by atoms with Crippen molar-refractivity contribution in [3.05, 3.63) is 21.3 Å². The average molecular weight is 289 g/mol. The zero-order chi connectivity index (χ0) is 13.0. The lowest BCUT2D eigenvalue weighted by atomic mass is 10.2. The summed E-state index contributed by atoms with van der Waals surface area (Å²) in [7, 11) is 0. The molecule has 0 unspecified atom stereocenters. The predicted molar refractivity (Wildman–Crippen MR) is 73.3 cm³/mol. The van der Waals surface area contributed by atoms with Gasteiger partial charge in [0.15, 0.2) is 0 Å². The number of hydrogen-bond donors (Lipinski definition) is 2. The van der Waals surface area contributed by atoms with Crippen molar-refractivity contribution in [1.29, 1.82) is 0 Å². The molecule has 1 aromatic heterocycles. The third kappa shape index (κ3) is 3.86. The van der Waals surface area contributed by atoms with Gasteiger partial charge in [-0.15, -0.1) is 11.3 Å². The molecule has 2 heterocycles. The summed E-state index contributed by atoms with van der Waals surface area (Å²) in [4.78, 5) is 12.7. The van der Waals surface area contributed by atoms with Crippen LogP contribution in [0.2, 0.25) is 4.34 Å². The van der Waals surface area contributed by atoms with E-state index in [0.717, 1.165) is 28.7 Å². The van der Waals surface area contributed by atoms with E-state index in [-0.39, 0.29) is 18.2 Å². The van der Waals surface area contributed by atoms with Gasteiger partial charge in [-0.3, -0.25) is 0 Å². The molecule has 18 heavy (non-hydrogen) atoms. The summed E-state index contributed by atoms with van der Waals surface area (Å²) < 4.78 is 6.17. The lowest BCUT2D eigenvalue weighted by Gasteiger charge is -2.15. The van der Waals surface area contributed by atoms with E-state index in [1.807, 2.05) is 19.1 Å². The highest BCUT2D eigenvalue weighted by Gasteiger charge is 2.17. The van der Waals surface area contributed by atoms with Crippen LogP contribution < -0.4 is 10.6 Å². The van der Waals surface area contributed by atoms with Crippen molar-refractivity contribution < 1.29 is 9.53 Å². The number of ether oxygens (including phenoxy) is 1. The largest absolute Gasteiger partial charge is 0.376 e. The fourth-order valence-corrected chi connectivity index (χ4v) is 2.95. The topological polar surface area (TPSA) is 50.4 Å². The Labute approximate surface area is 116 Å². The maximum atomic E-state index is 11.7. The maximum Gasteiger partial charge on any atom is 0.315 e. The molecule has 0 spiro atoms. The third-order valence-corrected chi connectivity index (χ3v) is 4.30. The van der Waals surface area contributed by atoms with Crippen LogP contribution >= 0.6 is 22.9 Å². The summed E-state index contributed by atoms with van der Waals surface area (Å²) in [5.74, 6) is 0. The van der Waals surface area contributed by atoms with Gasteiger partial charge in [0.2, 0.25) is 0 Å². The Morgan fingerprint density at radius 3 is 3.11 bits per heavy atom. The number of carbonyl (C=O) groups is 1. The standard InChI is InChI=1S/C12H17ClN2O2S/c1-8(10-4-5-11(13)18-10)15-12(16)14-7-9-3-2-6-17-9/h4-5,8-9H,2-3,6-7H2,1H3,(H2,14,15,16)/t8-,9+/m0/s1. The molecule has 1 aromatic rings. The highest BCUT2D eigenvalue weighted by molar-refractivity contribution is 7.16. The number of nitrogens with one attached hydrogen (secondary N) is 2. The summed E-state index contributed by atoms with van der Waals surface area (Å²) >= 11 is 7.34. The lowest BCUT2D eigenvalue weighted by molar-refractivity contribution is 0.111. The van der Waals surface area contributed by atoms with Crippen LogP contribution in [0, 0.1) is 0 Å². The molecule has 4 nitrogen and oxygen atoms in total. The van der Waals surface area contributed by atoms with Crippen LogP contribution in [0.25, 0.3) is 0 Å². The molecule has 2 atom stereocenters. The van der Waals surface area contributed by atoms with Crippen molar-refractivity contribution in [3.63, 3.8) is 0 Å². The number of amides is 2. The number of thiophene rings is 1. The Hall–Kier alpha value is -0.780. The van der Waals surface area contributed by atoms with Gasteiger partial charge in [0, 0.05) is 18.0 Å². The van der Waals surface area contributed by atoms with Crippen molar-refractivity contribution in [2.45, 2.75) is 31.9 Å². The molecule has 0 saturated carbocycles. The van der Waals surface area contributed by atoms with E-state index < -0.39 is 0 Å². The molecule has 0 bridgehead atoms. The zero-order valence-corrected chi connectivity index (χ0v) is 11.8. The van der Waals surface area contributed by atoms with Crippen LogP contribution in [0.5, 0.6) is 0 Å². The second-order valence-electron chi connectivity index (χ2n) is 4.35. The highest BCUT2D eigenvalue weighted by atomic mass is 35.5. The van der Waals surface area contributed by atoms with Gasteiger partial charge in [-0.05, 0) is 31.9 Å². The number of carbonyl (C=O) groups excluding carboxylic acids is 1. The minimum Gasteiger partial charge on any atom is -0.376 e. The minimum absolute atomic E-state index is 0.0352. The van der Waals surface area contributed by atoms with E-state index in [0.29, 0.717) is 6.54 Å². The van der Waals surface area contributed by atoms with Crippen LogP contribution in [0.1, 0.15) is 30.7 Å². The van der Waals surface area contributed by atoms with Gasteiger partial charge in [0.25, 0.3) is 0 Å². The van der Waals surface area contributed by atoms with Crippen LogP contribution in [0.3, 0.4) is 0 Å². The molecule has 6 heteroatoms. The van der Waals surface area contributed by atoms with Gasteiger partial charge >= 0.3 is 6.03 Å². The molecule has 1 aliphatic rings. The van der Waals surface area contributed by atoms with Crippen LogP contribution in [0.4, 0.5) is 4.79 Å². The lowest BCUT2D eigenvalue weighted by Crippen LogP contribution is -2.40. The molecule has 0 aromatic carbocycles. The first kappa shape index (κ1) is 13.6. The van der Waals surface area contributed by atoms with Gasteiger partial charge in [0.1, 0.15) is 0 Å². The molecular weight excluding hydrogens is 272 g/mol. The van der Waals surface area contributed by atoms with Gasteiger partial charge < -0.3 is 15.4 Å². The molecule has 2 rings (SSSR count). The van der Waals surface area contributed by atoms with E-state index in [2.05, 4.69) is 10.6 Å². The quantitative estimate of drug-likeness (QED) is 0.895. The van der Waals surface area contributed by atoms with Crippen LogP contribution in [0.15, 0.2) is 12.1 Å². The normalized spacial score (nSPS) is 20.7. The number of hydrogen-bond acceptors (Lipinski definition) is 3. The Bertz CT molecular complexity index is 405. The van der Waals surface area contributed by atoms with E-state index >= 15 is 0 Å². The molecule has 2 amide bonds. The Morgan fingerprint density at radius 1 is 1.67 bits per heavy atom. The van der Waals surface area contributed by atoms with Crippen molar-refractivity contribution in [2.75, 3.05) is 13.2 Å². The summed E-state index contributed by atoms with van der Waals surface area (Å²) in [5.41, 5.74) is 0. The Kier molecular flexibility index (Phi) is 4.86. The molecule has 1 aliphatic heterocycles. The molecular formula is C12H17ClN2O2S. The molecule has 2 N–H and O–H groups in total. The second kappa shape index (κ2) is 6.41. The summed E-state index contributed by atoms with van der Waals surface area (Å²) in [5, 5.41) is 5.71. The first-order valence-corrected chi connectivity index (χ1v) is 7.26. The molecule has 0 radical (unpaired) electrons. The van der Waals surface area contributed by atoms with Gasteiger partial charge in [-0.2, -0.15) is 0 Å². The molecule has 100 valence electrons. The monoisotopic (exact) mass is 288 g/mol. The fraction of sp³-hybridized carbons (Fsp3) is 0.583. The number of halogens is 1. The van der Waals surface area contributed by atoms with Crippen molar-refractivity contribution in [2.24, 2.45) is 0 Å². The molecule has 0 aliphatic carbocycles. The van der Waals surface area contributed by atoms with Gasteiger partial charge in [-0.25, -0.2) is 4.79 Å². The van der Waals surface area contributed by atoms with Gasteiger partial charge in [0.05, 0.1) is 16.5 Å². The number of rotatable bonds is 4. The van der Waals surface area contributed by atoms with E-state index in [4.69, 9.17) is 16.3 Å². The van der Waals surface area contributed by atoms with E-state index in [9.17, 15) is 4.79 Å². The van der Waals surface area contributed by atoms with E-state index in [1.54, 1.807) is 0 Å². The van der Waals surface area contributed by atoms with Crippen LogP contribution in [-0.2, 0) is 4.74 Å². The van der Waals surface area contributed by atoms with Crippen LogP contribution in [-0.4, -0.2) is 25.3 Å². The summed E-state index contributed by atoms with van der Waals surface area (Å²) in [6, 6.07) is 3.57. The third-order valence-electron chi connectivity index (χ3n) is 2.88. The first-order chi connectivity index (χ1) is 8.65. The van der Waals surface area contributed by atoms with Gasteiger partial charge in [-0.1, -0.05) is 11.6 Å². The maximum absolute atomic E-state index is 11.7. The first-order valence-electron chi connectivity index (χ1n) is 6.06. The second-order valence-corrected chi connectivity index (χ2v) is 6.10. The zero-order valence-electron chi connectivity index (χ0n) is 10.2. The molecule has 1 fully saturated rings. The Balaban J connectivity index is 1.73. The number of urea groups is 1. The van der Waals surface area contributed by atoms with Crippen molar-refractivity contribution in [1.82, 2.24) is 10.6 Å². The van der Waals surface area contributed by atoms with E-state index in [1.165, 1.54) is 11.3 Å². The Morgan fingerprint density at radius 2 is 2.50 bits per heavy atom.